The van der Waals surface area contributed by atoms with Crippen molar-refractivity contribution in [3.63, 3.8) is 0 Å². The van der Waals surface area contributed by atoms with Crippen LogP contribution in [-0.2, 0) is 16.4 Å². The van der Waals surface area contributed by atoms with E-state index in [2.05, 4.69) is 0 Å². The zero-order chi connectivity index (χ0) is 20.1. The highest BCUT2D eigenvalue weighted by Crippen LogP contribution is 2.35. The van der Waals surface area contributed by atoms with Gasteiger partial charge in [0.05, 0.1) is 16.9 Å². The van der Waals surface area contributed by atoms with Crippen molar-refractivity contribution >= 4 is 27.0 Å². The Balaban J connectivity index is 2.06. The maximum atomic E-state index is 13.1. The van der Waals surface area contributed by atoms with E-state index in [1.54, 1.807) is 18.2 Å². The quantitative estimate of drug-likeness (QED) is 0.595. The molecular formula is C21H19NO4S2. The summed E-state index contributed by atoms with van der Waals surface area (Å²) >= 11 is 5.10. The first-order valence-corrected chi connectivity index (χ1v) is 10.3. The maximum Gasteiger partial charge on any atom is 0.207 e. The van der Waals surface area contributed by atoms with E-state index in [1.807, 2.05) is 30.3 Å². The monoisotopic (exact) mass is 413 g/mol. The third-order valence-corrected chi connectivity index (χ3v) is 6.14. The molecule has 144 valence electrons. The Morgan fingerprint density at radius 3 is 2.14 bits per heavy atom. The van der Waals surface area contributed by atoms with E-state index in [1.165, 1.54) is 31.4 Å². The fraction of sp³-hybridized carbons (Fsp3) is 0.0952. The van der Waals surface area contributed by atoms with Crippen LogP contribution in [0.15, 0.2) is 82.6 Å². The Labute approximate surface area is 169 Å². The number of hydrogen-bond donors (Lipinski definition) is 1. The Hall–Kier alpha value is -2.90. The number of thiocarbonyl (C=S) groups is 1. The molecule has 0 amide bonds. The molecule has 3 rings (SSSR count). The minimum atomic E-state index is -3.83. The average Bonchev–Trinajstić information content (AvgIpc) is 2.72. The van der Waals surface area contributed by atoms with Crippen molar-refractivity contribution in [2.24, 2.45) is 5.73 Å². The third kappa shape index (κ3) is 4.16. The van der Waals surface area contributed by atoms with Gasteiger partial charge in [-0.05, 0) is 23.8 Å². The van der Waals surface area contributed by atoms with Crippen LogP contribution in [-0.4, -0.2) is 20.5 Å². The second-order valence-electron chi connectivity index (χ2n) is 5.95. The topological polar surface area (TPSA) is 78.6 Å². The van der Waals surface area contributed by atoms with E-state index >= 15 is 0 Å². The molecule has 0 unspecified atom stereocenters. The molecule has 7 heteroatoms. The summed E-state index contributed by atoms with van der Waals surface area (Å²) in [5, 5.41) is 0. The molecule has 0 aliphatic heterocycles. The lowest BCUT2D eigenvalue weighted by atomic mass is 10.2. The van der Waals surface area contributed by atoms with Gasteiger partial charge >= 0.3 is 0 Å². The zero-order valence-corrected chi connectivity index (χ0v) is 16.8. The van der Waals surface area contributed by atoms with Gasteiger partial charge in [-0.3, -0.25) is 0 Å². The van der Waals surface area contributed by atoms with Gasteiger partial charge in [0.2, 0.25) is 9.84 Å². The highest BCUT2D eigenvalue weighted by molar-refractivity contribution is 7.91. The number of rotatable bonds is 7. The van der Waals surface area contributed by atoms with Gasteiger partial charge in [0.1, 0.15) is 11.6 Å². The number of ether oxygens (including phenoxy) is 2. The first kappa shape index (κ1) is 19.9. The molecule has 28 heavy (non-hydrogen) atoms. The SMILES string of the molecule is COc1cc(S(=O)(=O)c2ccccc2)c(C(N)=S)cc1OCc1ccccc1. The summed E-state index contributed by atoms with van der Waals surface area (Å²) in [4.78, 5) is 0.0874. The molecule has 0 bridgehead atoms. The summed E-state index contributed by atoms with van der Waals surface area (Å²) in [7, 11) is -2.39. The van der Waals surface area contributed by atoms with Crippen LogP contribution in [0.2, 0.25) is 0 Å². The van der Waals surface area contributed by atoms with Crippen LogP contribution in [0.4, 0.5) is 0 Å². The number of nitrogens with two attached hydrogens (primary N) is 1. The molecule has 3 aromatic carbocycles. The third-order valence-electron chi connectivity index (χ3n) is 4.11. The van der Waals surface area contributed by atoms with E-state index in [9.17, 15) is 8.42 Å². The molecule has 0 spiro atoms. The largest absolute Gasteiger partial charge is 0.493 e. The normalized spacial score (nSPS) is 11.0. The minimum Gasteiger partial charge on any atom is -0.493 e. The van der Waals surface area contributed by atoms with E-state index < -0.39 is 9.84 Å². The number of benzene rings is 3. The molecule has 0 heterocycles. The van der Waals surface area contributed by atoms with Gasteiger partial charge in [-0.2, -0.15) is 0 Å². The van der Waals surface area contributed by atoms with Crippen LogP contribution >= 0.6 is 12.2 Å². The second-order valence-corrected chi connectivity index (χ2v) is 8.31. The molecule has 0 saturated heterocycles. The van der Waals surface area contributed by atoms with Gasteiger partial charge in [0.25, 0.3) is 0 Å². The molecule has 0 aliphatic carbocycles. The molecule has 0 atom stereocenters. The fourth-order valence-electron chi connectivity index (χ4n) is 2.69. The van der Waals surface area contributed by atoms with Crippen molar-refractivity contribution < 1.29 is 17.9 Å². The summed E-state index contributed by atoms with van der Waals surface area (Å²) < 4.78 is 37.4. The van der Waals surface area contributed by atoms with Gasteiger partial charge in [-0.15, -0.1) is 0 Å². The summed E-state index contributed by atoms with van der Waals surface area (Å²) in [6.07, 6.45) is 0. The van der Waals surface area contributed by atoms with E-state index in [0.717, 1.165) is 5.56 Å². The van der Waals surface area contributed by atoms with Crippen molar-refractivity contribution in [1.82, 2.24) is 0 Å². The standard InChI is InChI=1S/C21H19NO4S2/c1-25-18-13-20(28(23,24)16-10-6-3-7-11-16)17(21(22)27)12-19(18)26-14-15-8-4-2-5-9-15/h2-13H,14H2,1H3,(H2,22,27). The summed E-state index contributed by atoms with van der Waals surface area (Å²) in [6.45, 7) is 0.290. The molecule has 0 aliphatic rings. The van der Waals surface area contributed by atoms with Crippen LogP contribution in [0.3, 0.4) is 0 Å². The van der Waals surface area contributed by atoms with E-state index in [0.29, 0.717) is 12.4 Å². The molecule has 5 nitrogen and oxygen atoms in total. The Kier molecular flexibility index (Phi) is 5.96. The van der Waals surface area contributed by atoms with E-state index in [4.69, 9.17) is 27.4 Å². The van der Waals surface area contributed by atoms with Crippen molar-refractivity contribution in [1.29, 1.82) is 0 Å². The molecule has 0 radical (unpaired) electrons. The van der Waals surface area contributed by atoms with Gasteiger partial charge in [0, 0.05) is 11.6 Å². The lowest BCUT2D eigenvalue weighted by Gasteiger charge is -2.16. The summed E-state index contributed by atoms with van der Waals surface area (Å²) in [5.41, 5.74) is 7.00. The van der Waals surface area contributed by atoms with Crippen molar-refractivity contribution in [3.05, 3.63) is 83.9 Å². The molecule has 0 saturated carbocycles. The lowest BCUT2D eigenvalue weighted by molar-refractivity contribution is 0.284. The van der Waals surface area contributed by atoms with Crippen molar-refractivity contribution in [2.75, 3.05) is 7.11 Å². The fourth-order valence-corrected chi connectivity index (χ4v) is 4.41. The summed E-state index contributed by atoms with van der Waals surface area (Å²) in [5.74, 6) is 0.645. The van der Waals surface area contributed by atoms with Crippen LogP contribution in [0.25, 0.3) is 0 Å². The smallest absolute Gasteiger partial charge is 0.207 e. The molecule has 2 N–H and O–H groups in total. The predicted octanol–water partition coefficient (Wildman–Crippen LogP) is 3.74. The number of methoxy groups -OCH3 is 1. The first-order valence-electron chi connectivity index (χ1n) is 8.42. The lowest BCUT2D eigenvalue weighted by Crippen LogP contribution is -2.16. The Morgan fingerprint density at radius 1 is 0.964 bits per heavy atom. The van der Waals surface area contributed by atoms with Gasteiger partial charge in [-0.25, -0.2) is 8.42 Å². The number of hydrogen-bond acceptors (Lipinski definition) is 5. The highest BCUT2D eigenvalue weighted by atomic mass is 32.2. The molecule has 0 fully saturated rings. The van der Waals surface area contributed by atoms with Crippen LogP contribution in [0.5, 0.6) is 11.5 Å². The van der Waals surface area contributed by atoms with Gasteiger partial charge < -0.3 is 15.2 Å². The Morgan fingerprint density at radius 2 is 1.57 bits per heavy atom. The van der Waals surface area contributed by atoms with Crippen LogP contribution in [0.1, 0.15) is 11.1 Å². The van der Waals surface area contributed by atoms with E-state index in [-0.39, 0.29) is 26.1 Å². The van der Waals surface area contributed by atoms with Gasteiger partial charge in [-0.1, -0.05) is 60.7 Å². The van der Waals surface area contributed by atoms with Crippen LogP contribution < -0.4 is 15.2 Å². The second kappa shape index (κ2) is 8.41. The van der Waals surface area contributed by atoms with Crippen molar-refractivity contribution in [3.8, 4) is 11.5 Å². The molecular weight excluding hydrogens is 394 g/mol. The zero-order valence-electron chi connectivity index (χ0n) is 15.2. The number of sulfone groups is 1. The minimum absolute atomic E-state index is 0.0184. The maximum absolute atomic E-state index is 13.1. The highest BCUT2D eigenvalue weighted by Gasteiger charge is 2.25. The van der Waals surface area contributed by atoms with Gasteiger partial charge in [0.15, 0.2) is 11.5 Å². The predicted molar refractivity (Wildman–Crippen MR) is 112 cm³/mol. The average molecular weight is 414 g/mol. The van der Waals surface area contributed by atoms with Crippen molar-refractivity contribution in [2.45, 2.75) is 16.4 Å². The molecule has 3 aromatic rings. The summed E-state index contributed by atoms with van der Waals surface area (Å²) in [6, 6.07) is 20.6. The van der Waals surface area contributed by atoms with Crippen LogP contribution in [0, 0.1) is 0 Å². The molecule has 0 aromatic heterocycles. The first-order chi connectivity index (χ1) is 13.4. The Bertz CT molecular complexity index is 1080.